The van der Waals surface area contributed by atoms with E-state index in [0.29, 0.717) is 6.04 Å². The van der Waals surface area contributed by atoms with E-state index in [1.165, 1.54) is 36.9 Å². The van der Waals surface area contributed by atoms with Gasteiger partial charge in [-0.15, -0.1) is 0 Å². The van der Waals surface area contributed by atoms with Crippen LogP contribution in [0.2, 0.25) is 0 Å². The van der Waals surface area contributed by atoms with Crippen molar-refractivity contribution in [2.45, 2.75) is 38.6 Å². The van der Waals surface area contributed by atoms with E-state index in [1.54, 1.807) is 0 Å². The highest BCUT2D eigenvalue weighted by atomic mass is 15.1. The maximum absolute atomic E-state index is 5.95. The van der Waals surface area contributed by atoms with Gasteiger partial charge < -0.3 is 10.6 Å². The molecule has 1 aliphatic carbocycles. The molecule has 1 aromatic carbocycles. The Morgan fingerprint density at radius 1 is 1.24 bits per heavy atom. The monoisotopic (exact) mass is 232 g/mol. The Hall–Kier alpha value is -1.02. The van der Waals surface area contributed by atoms with Crippen molar-refractivity contribution in [1.82, 2.24) is 0 Å². The van der Waals surface area contributed by atoms with E-state index in [0.717, 1.165) is 12.5 Å². The van der Waals surface area contributed by atoms with Crippen molar-refractivity contribution >= 4 is 5.69 Å². The first-order chi connectivity index (χ1) is 8.15. The quantitative estimate of drug-likeness (QED) is 0.868. The van der Waals surface area contributed by atoms with E-state index >= 15 is 0 Å². The van der Waals surface area contributed by atoms with Gasteiger partial charge in [0.05, 0.1) is 0 Å². The summed E-state index contributed by atoms with van der Waals surface area (Å²) < 4.78 is 0. The van der Waals surface area contributed by atoms with Crippen LogP contribution in [0.1, 0.15) is 31.2 Å². The molecule has 0 spiro atoms. The molecule has 0 aliphatic heterocycles. The zero-order chi connectivity index (χ0) is 12.3. The van der Waals surface area contributed by atoms with Crippen LogP contribution in [0.3, 0.4) is 0 Å². The van der Waals surface area contributed by atoms with Crippen molar-refractivity contribution in [2.75, 3.05) is 18.5 Å². The van der Waals surface area contributed by atoms with Crippen LogP contribution in [0.5, 0.6) is 0 Å². The molecule has 0 heterocycles. The molecule has 2 N–H and O–H groups in total. The maximum Gasteiger partial charge on any atom is 0.0366 e. The highest BCUT2D eigenvalue weighted by Crippen LogP contribution is 2.25. The summed E-state index contributed by atoms with van der Waals surface area (Å²) in [5, 5.41) is 0. The molecule has 1 aromatic rings. The number of aryl methyl sites for hydroxylation is 1. The van der Waals surface area contributed by atoms with E-state index in [4.69, 9.17) is 5.73 Å². The summed E-state index contributed by atoms with van der Waals surface area (Å²) in [5.41, 5.74) is 8.61. The molecule has 0 bridgehead atoms. The predicted molar refractivity (Wildman–Crippen MR) is 74.4 cm³/mol. The molecule has 0 radical (unpaired) electrons. The molecule has 0 atom stereocenters. The first-order valence-corrected chi connectivity index (χ1v) is 6.68. The summed E-state index contributed by atoms with van der Waals surface area (Å²) in [4.78, 5) is 2.38. The van der Waals surface area contributed by atoms with Gasteiger partial charge >= 0.3 is 0 Å². The lowest BCUT2D eigenvalue weighted by atomic mass is 9.86. The molecule has 17 heavy (non-hydrogen) atoms. The van der Waals surface area contributed by atoms with Crippen LogP contribution in [0.15, 0.2) is 24.3 Å². The molecular weight excluding hydrogens is 208 g/mol. The third-order valence-corrected chi connectivity index (χ3v) is 3.87. The minimum Gasteiger partial charge on any atom is -0.374 e. The van der Waals surface area contributed by atoms with Crippen LogP contribution in [0, 0.1) is 12.8 Å². The Bertz CT molecular complexity index is 354. The van der Waals surface area contributed by atoms with Crippen molar-refractivity contribution in [3.63, 3.8) is 0 Å². The number of hydrogen-bond acceptors (Lipinski definition) is 2. The number of nitrogens with zero attached hydrogens (tertiary/aromatic N) is 1. The fourth-order valence-electron chi connectivity index (χ4n) is 2.73. The SMILES string of the molecule is Cc1cccc(N(C)CC2CCC(N)CC2)c1. The molecule has 94 valence electrons. The average Bonchev–Trinajstić information content (AvgIpc) is 2.32. The molecule has 1 saturated carbocycles. The van der Waals surface area contributed by atoms with Crippen molar-refractivity contribution in [2.24, 2.45) is 11.7 Å². The van der Waals surface area contributed by atoms with Crippen LogP contribution >= 0.6 is 0 Å². The van der Waals surface area contributed by atoms with E-state index in [2.05, 4.69) is 43.1 Å². The Kier molecular flexibility index (Phi) is 4.06. The second-order valence-electron chi connectivity index (χ2n) is 5.50. The first kappa shape index (κ1) is 12.4. The van der Waals surface area contributed by atoms with Gasteiger partial charge in [-0.1, -0.05) is 12.1 Å². The summed E-state index contributed by atoms with van der Waals surface area (Å²) in [6.45, 7) is 3.31. The van der Waals surface area contributed by atoms with Crippen LogP contribution in [-0.2, 0) is 0 Å². The highest BCUT2D eigenvalue weighted by Gasteiger charge is 2.19. The lowest BCUT2D eigenvalue weighted by Crippen LogP contribution is -2.32. The third kappa shape index (κ3) is 3.47. The number of anilines is 1. The smallest absolute Gasteiger partial charge is 0.0366 e. The Morgan fingerprint density at radius 3 is 2.59 bits per heavy atom. The second kappa shape index (κ2) is 5.54. The number of benzene rings is 1. The molecule has 2 rings (SSSR count). The third-order valence-electron chi connectivity index (χ3n) is 3.87. The summed E-state index contributed by atoms with van der Waals surface area (Å²) in [5.74, 6) is 0.820. The average molecular weight is 232 g/mol. The Labute approximate surface area is 105 Å². The Balaban J connectivity index is 1.90. The maximum atomic E-state index is 5.95. The molecule has 1 aliphatic rings. The van der Waals surface area contributed by atoms with Crippen LogP contribution < -0.4 is 10.6 Å². The minimum absolute atomic E-state index is 0.454. The molecule has 0 unspecified atom stereocenters. The summed E-state index contributed by atoms with van der Waals surface area (Å²) in [7, 11) is 2.20. The van der Waals surface area contributed by atoms with Crippen molar-refractivity contribution in [3.05, 3.63) is 29.8 Å². The lowest BCUT2D eigenvalue weighted by molar-refractivity contribution is 0.330. The van der Waals surface area contributed by atoms with Crippen LogP contribution in [-0.4, -0.2) is 19.6 Å². The summed E-state index contributed by atoms with van der Waals surface area (Å²) in [6.07, 6.45) is 4.98. The summed E-state index contributed by atoms with van der Waals surface area (Å²) in [6, 6.07) is 9.20. The van der Waals surface area contributed by atoms with Gasteiger partial charge in [0.25, 0.3) is 0 Å². The topological polar surface area (TPSA) is 29.3 Å². The van der Waals surface area contributed by atoms with Crippen molar-refractivity contribution < 1.29 is 0 Å². The van der Waals surface area contributed by atoms with Crippen molar-refractivity contribution in [1.29, 1.82) is 0 Å². The first-order valence-electron chi connectivity index (χ1n) is 6.68. The number of hydrogen-bond donors (Lipinski definition) is 1. The normalized spacial score (nSPS) is 24.6. The van der Waals surface area contributed by atoms with Crippen molar-refractivity contribution in [3.8, 4) is 0 Å². The predicted octanol–water partition coefficient (Wildman–Crippen LogP) is 2.95. The standard InChI is InChI=1S/C15H24N2/c1-12-4-3-5-15(10-12)17(2)11-13-6-8-14(16)9-7-13/h3-5,10,13-14H,6-9,11,16H2,1-2H3. The fraction of sp³-hybridized carbons (Fsp3) is 0.600. The Morgan fingerprint density at radius 2 is 1.94 bits per heavy atom. The van der Waals surface area contributed by atoms with Gasteiger partial charge in [0.2, 0.25) is 0 Å². The van der Waals surface area contributed by atoms with Gasteiger partial charge in [0.15, 0.2) is 0 Å². The van der Waals surface area contributed by atoms with Gasteiger partial charge in [-0.25, -0.2) is 0 Å². The van der Waals surface area contributed by atoms with Crippen LogP contribution in [0.25, 0.3) is 0 Å². The van der Waals surface area contributed by atoms with Gasteiger partial charge in [-0.3, -0.25) is 0 Å². The summed E-state index contributed by atoms with van der Waals surface area (Å²) >= 11 is 0. The molecule has 2 heteroatoms. The highest BCUT2D eigenvalue weighted by molar-refractivity contribution is 5.47. The zero-order valence-electron chi connectivity index (χ0n) is 11.0. The van der Waals surface area contributed by atoms with Gasteiger partial charge in [-0.2, -0.15) is 0 Å². The van der Waals surface area contributed by atoms with Gasteiger partial charge in [0, 0.05) is 25.3 Å². The second-order valence-corrected chi connectivity index (χ2v) is 5.50. The molecular formula is C15H24N2. The lowest BCUT2D eigenvalue weighted by Gasteiger charge is -2.30. The zero-order valence-corrected chi connectivity index (χ0v) is 11.0. The van der Waals surface area contributed by atoms with E-state index in [1.807, 2.05) is 0 Å². The largest absolute Gasteiger partial charge is 0.374 e. The molecule has 0 aromatic heterocycles. The van der Waals surface area contributed by atoms with E-state index in [9.17, 15) is 0 Å². The van der Waals surface area contributed by atoms with E-state index in [-0.39, 0.29) is 0 Å². The van der Waals surface area contributed by atoms with Gasteiger partial charge in [-0.05, 0) is 56.2 Å². The minimum atomic E-state index is 0.454. The molecule has 1 fully saturated rings. The molecule has 2 nitrogen and oxygen atoms in total. The molecule has 0 amide bonds. The van der Waals surface area contributed by atoms with Gasteiger partial charge in [0.1, 0.15) is 0 Å². The molecule has 0 saturated heterocycles. The van der Waals surface area contributed by atoms with E-state index < -0.39 is 0 Å². The van der Waals surface area contributed by atoms with Crippen LogP contribution in [0.4, 0.5) is 5.69 Å². The fourth-order valence-corrected chi connectivity index (χ4v) is 2.73. The number of rotatable bonds is 3. The number of nitrogens with two attached hydrogens (primary N) is 1.